The summed E-state index contributed by atoms with van der Waals surface area (Å²) in [6.07, 6.45) is 6.94. The normalized spacial score (nSPS) is 27.2. The van der Waals surface area contributed by atoms with Crippen molar-refractivity contribution in [3.63, 3.8) is 0 Å². The van der Waals surface area contributed by atoms with Crippen LogP contribution in [0.1, 0.15) is 59.8 Å². The molecule has 16 heavy (non-hydrogen) atoms. The number of aldehydes is 1. The Balaban J connectivity index is 2.72. The van der Waals surface area contributed by atoms with Gasteiger partial charge in [0.2, 0.25) is 0 Å². The van der Waals surface area contributed by atoms with Crippen molar-refractivity contribution >= 4 is 6.29 Å². The highest BCUT2D eigenvalue weighted by Gasteiger charge is 2.36. The molecule has 1 rings (SSSR count). The van der Waals surface area contributed by atoms with E-state index in [4.69, 9.17) is 0 Å². The molecule has 0 spiro atoms. The summed E-state index contributed by atoms with van der Waals surface area (Å²) in [5.41, 5.74) is -0.105. The molecule has 1 fully saturated rings. The lowest BCUT2D eigenvalue weighted by Gasteiger charge is -2.36. The number of hydrogen-bond acceptors (Lipinski definition) is 2. The highest BCUT2D eigenvalue weighted by Crippen LogP contribution is 2.32. The average molecular weight is 225 g/mol. The third-order valence-electron chi connectivity index (χ3n) is 4.58. The first-order valence-electron chi connectivity index (χ1n) is 6.84. The van der Waals surface area contributed by atoms with E-state index in [-0.39, 0.29) is 5.41 Å². The minimum absolute atomic E-state index is 0.105. The molecule has 0 aromatic heterocycles. The summed E-state index contributed by atoms with van der Waals surface area (Å²) < 4.78 is 0. The van der Waals surface area contributed by atoms with Crippen LogP contribution < -0.4 is 0 Å². The van der Waals surface area contributed by atoms with Crippen molar-refractivity contribution < 1.29 is 4.79 Å². The van der Waals surface area contributed by atoms with E-state index in [1.54, 1.807) is 0 Å². The lowest BCUT2D eigenvalue weighted by molar-refractivity contribution is -0.118. The zero-order valence-electron chi connectivity index (χ0n) is 11.3. The molecule has 0 aromatic rings. The van der Waals surface area contributed by atoms with Crippen LogP contribution in [0.3, 0.4) is 0 Å². The lowest BCUT2D eigenvalue weighted by atomic mass is 9.83. The van der Waals surface area contributed by atoms with Gasteiger partial charge in [-0.2, -0.15) is 0 Å². The maximum Gasteiger partial charge on any atom is 0.127 e. The van der Waals surface area contributed by atoms with Gasteiger partial charge < -0.3 is 4.79 Å². The van der Waals surface area contributed by atoms with Crippen LogP contribution in [0.25, 0.3) is 0 Å². The number of nitrogens with zero attached hydrogens (tertiary/aromatic N) is 1. The molecule has 0 aromatic carbocycles. The molecule has 2 heteroatoms. The standard InChI is InChI=1S/C14H27NO/c1-5-13-9-8-12(4)15(13)10-14(6-2,7-3)11-16/h11-13H,5-10H2,1-4H3. The molecule has 2 atom stereocenters. The molecule has 0 amide bonds. The molecule has 2 unspecified atom stereocenters. The fourth-order valence-corrected chi connectivity index (χ4v) is 2.89. The van der Waals surface area contributed by atoms with Crippen LogP contribution in [0.2, 0.25) is 0 Å². The molecule has 2 nitrogen and oxygen atoms in total. The van der Waals surface area contributed by atoms with Crippen LogP contribution in [0.4, 0.5) is 0 Å². The number of likely N-dealkylation sites (tertiary alicyclic amines) is 1. The van der Waals surface area contributed by atoms with Crippen molar-refractivity contribution in [3.05, 3.63) is 0 Å². The van der Waals surface area contributed by atoms with Crippen LogP contribution in [-0.2, 0) is 4.79 Å². The number of carbonyl (C=O) groups is 1. The van der Waals surface area contributed by atoms with Crippen LogP contribution in [-0.4, -0.2) is 29.8 Å². The lowest BCUT2D eigenvalue weighted by Crippen LogP contribution is -2.43. The second-order valence-electron chi connectivity index (χ2n) is 5.35. The van der Waals surface area contributed by atoms with Gasteiger partial charge in [-0.15, -0.1) is 0 Å². The topological polar surface area (TPSA) is 20.3 Å². The second kappa shape index (κ2) is 5.81. The molecule has 0 bridgehead atoms. The Bertz CT molecular complexity index is 223. The van der Waals surface area contributed by atoms with E-state index >= 15 is 0 Å². The van der Waals surface area contributed by atoms with Crippen molar-refractivity contribution in [2.75, 3.05) is 6.54 Å². The summed E-state index contributed by atoms with van der Waals surface area (Å²) in [4.78, 5) is 13.9. The number of carbonyl (C=O) groups excluding carboxylic acids is 1. The molecular weight excluding hydrogens is 198 g/mol. The Labute approximate surface area is 100 Å². The van der Waals surface area contributed by atoms with Crippen LogP contribution in [0.15, 0.2) is 0 Å². The van der Waals surface area contributed by atoms with E-state index in [0.29, 0.717) is 12.1 Å². The number of rotatable bonds is 6. The van der Waals surface area contributed by atoms with Gasteiger partial charge in [0.05, 0.1) is 0 Å². The Hall–Kier alpha value is -0.370. The Morgan fingerprint density at radius 1 is 1.25 bits per heavy atom. The molecule has 0 saturated carbocycles. The fraction of sp³-hybridized carbons (Fsp3) is 0.929. The number of hydrogen-bond donors (Lipinski definition) is 0. The van der Waals surface area contributed by atoms with Crippen molar-refractivity contribution in [2.24, 2.45) is 5.41 Å². The Morgan fingerprint density at radius 2 is 1.88 bits per heavy atom. The largest absolute Gasteiger partial charge is 0.303 e. The highest BCUT2D eigenvalue weighted by molar-refractivity contribution is 5.59. The van der Waals surface area contributed by atoms with E-state index in [0.717, 1.165) is 19.4 Å². The van der Waals surface area contributed by atoms with Gasteiger partial charge in [0.15, 0.2) is 0 Å². The summed E-state index contributed by atoms with van der Waals surface area (Å²) in [6.45, 7) is 9.80. The minimum atomic E-state index is -0.105. The zero-order valence-corrected chi connectivity index (χ0v) is 11.3. The van der Waals surface area contributed by atoms with Crippen molar-refractivity contribution in [3.8, 4) is 0 Å². The monoisotopic (exact) mass is 225 g/mol. The van der Waals surface area contributed by atoms with E-state index < -0.39 is 0 Å². The molecule has 1 saturated heterocycles. The van der Waals surface area contributed by atoms with Crippen molar-refractivity contribution in [2.45, 2.75) is 71.9 Å². The van der Waals surface area contributed by atoms with Gasteiger partial charge in [-0.1, -0.05) is 20.8 Å². The first-order chi connectivity index (χ1) is 7.62. The summed E-state index contributed by atoms with van der Waals surface area (Å²) in [5.74, 6) is 0. The molecule has 94 valence electrons. The van der Waals surface area contributed by atoms with Crippen molar-refractivity contribution in [1.29, 1.82) is 0 Å². The van der Waals surface area contributed by atoms with Crippen LogP contribution >= 0.6 is 0 Å². The molecule has 1 aliphatic rings. The van der Waals surface area contributed by atoms with Gasteiger partial charge in [-0.05, 0) is 39.0 Å². The average Bonchev–Trinajstić information content (AvgIpc) is 2.67. The van der Waals surface area contributed by atoms with E-state index in [9.17, 15) is 4.79 Å². The first kappa shape index (κ1) is 13.7. The van der Waals surface area contributed by atoms with E-state index in [1.165, 1.54) is 25.5 Å². The SMILES string of the molecule is CCC1CCC(C)N1CC(C=O)(CC)CC. The molecule has 1 heterocycles. The maximum atomic E-state index is 11.4. The quantitative estimate of drug-likeness (QED) is 0.647. The highest BCUT2D eigenvalue weighted by atomic mass is 16.1. The smallest absolute Gasteiger partial charge is 0.127 e. The summed E-state index contributed by atoms with van der Waals surface area (Å²) >= 11 is 0. The first-order valence-corrected chi connectivity index (χ1v) is 6.84. The zero-order chi connectivity index (χ0) is 12.2. The predicted octanol–water partition coefficient (Wildman–Crippen LogP) is 3.25. The molecule has 1 aliphatic heterocycles. The summed E-state index contributed by atoms with van der Waals surface area (Å²) in [5, 5.41) is 0. The van der Waals surface area contributed by atoms with Gasteiger partial charge in [-0.25, -0.2) is 0 Å². The van der Waals surface area contributed by atoms with Crippen LogP contribution in [0, 0.1) is 5.41 Å². The molecule has 0 N–H and O–H groups in total. The Kier molecular flexibility index (Phi) is 4.97. The van der Waals surface area contributed by atoms with Gasteiger partial charge in [0.1, 0.15) is 6.29 Å². The van der Waals surface area contributed by atoms with Gasteiger partial charge in [-0.3, -0.25) is 4.90 Å². The van der Waals surface area contributed by atoms with E-state index in [1.807, 2.05) is 0 Å². The fourth-order valence-electron chi connectivity index (χ4n) is 2.89. The van der Waals surface area contributed by atoms with E-state index in [2.05, 4.69) is 32.6 Å². The molecule has 0 radical (unpaired) electrons. The maximum absolute atomic E-state index is 11.4. The molecular formula is C14H27NO. The van der Waals surface area contributed by atoms with Crippen LogP contribution in [0.5, 0.6) is 0 Å². The van der Waals surface area contributed by atoms with Gasteiger partial charge >= 0.3 is 0 Å². The molecule has 0 aliphatic carbocycles. The summed E-state index contributed by atoms with van der Waals surface area (Å²) in [7, 11) is 0. The van der Waals surface area contributed by atoms with Gasteiger partial charge in [0.25, 0.3) is 0 Å². The predicted molar refractivity (Wildman–Crippen MR) is 68.6 cm³/mol. The summed E-state index contributed by atoms with van der Waals surface area (Å²) in [6, 6.07) is 1.36. The van der Waals surface area contributed by atoms with Crippen molar-refractivity contribution in [1.82, 2.24) is 4.90 Å². The Morgan fingerprint density at radius 3 is 2.31 bits per heavy atom. The minimum Gasteiger partial charge on any atom is -0.303 e. The second-order valence-corrected chi connectivity index (χ2v) is 5.35. The third-order valence-corrected chi connectivity index (χ3v) is 4.58. The van der Waals surface area contributed by atoms with Gasteiger partial charge in [0, 0.05) is 24.0 Å². The third kappa shape index (κ3) is 2.65.